The molecule has 0 bridgehead atoms. The highest BCUT2D eigenvalue weighted by Crippen LogP contribution is 2.34. The zero-order valence-electron chi connectivity index (χ0n) is 17.4. The molecule has 0 atom stereocenters. The molecule has 162 valence electrons. The summed E-state index contributed by atoms with van der Waals surface area (Å²) in [6.45, 7) is 0. The van der Waals surface area contributed by atoms with Crippen LogP contribution in [0.15, 0.2) is 49.3 Å². The van der Waals surface area contributed by atoms with Crippen LogP contribution in [0.3, 0.4) is 0 Å². The van der Waals surface area contributed by atoms with Gasteiger partial charge >= 0.3 is 0 Å². The van der Waals surface area contributed by atoms with Gasteiger partial charge in [-0.25, -0.2) is 9.50 Å². The van der Waals surface area contributed by atoms with E-state index in [0.29, 0.717) is 22.9 Å². The van der Waals surface area contributed by atoms with E-state index < -0.39 is 0 Å². The van der Waals surface area contributed by atoms with E-state index in [1.807, 2.05) is 30.9 Å². The normalized spacial score (nSPS) is 16.1. The molecule has 0 saturated heterocycles. The lowest BCUT2D eigenvalue weighted by Gasteiger charge is -2.26. The highest BCUT2D eigenvalue weighted by atomic mass is 16.2. The van der Waals surface area contributed by atoms with E-state index in [2.05, 4.69) is 30.3 Å². The van der Waals surface area contributed by atoms with Crippen LogP contribution in [0, 0.1) is 0 Å². The summed E-state index contributed by atoms with van der Waals surface area (Å²) in [6, 6.07) is 4.19. The Labute approximate surface area is 183 Å². The number of fused-ring (bicyclic) bond motifs is 1. The summed E-state index contributed by atoms with van der Waals surface area (Å²) in [5.41, 5.74) is 3.65. The summed E-state index contributed by atoms with van der Waals surface area (Å²) < 4.78 is 3.69. The molecular formula is C23H23N7O2. The summed E-state index contributed by atoms with van der Waals surface area (Å²) in [6.07, 6.45) is 16.2. The molecule has 9 nitrogen and oxygen atoms in total. The van der Waals surface area contributed by atoms with Crippen molar-refractivity contribution in [2.45, 2.75) is 44.2 Å². The number of rotatable bonds is 6. The van der Waals surface area contributed by atoms with Gasteiger partial charge < -0.3 is 20.2 Å². The molecule has 2 amide bonds. The van der Waals surface area contributed by atoms with Gasteiger partial charge in [-0.3, -0.25) is 9.59 Å². The first kappa shape index (κ1) is 18.9. The van der Waals surface area contributed by atoms with Crippen molar-refractivity contribution in [2.24, 2.45) is 0 Å². The van der Waals surface area contributed by atoms with Crippen molar-refractivity contribution in [2.75, 3.05) is 5.32 Å². The van der Waals surface area contributed by atoms with Crippen LogP contribution in [0.5, 0.6) is 0 Å². The fourth-order valence-corrected chi connectivity index (χ4v) is 4.02. The molecule has 0 radical (unpaired) electrons. The molecule has 0 aromatic carbocycles. The smallest absolute Gasteiger partial charge is 0.274 e. The minimum absolute atomic E-state index is 0.144. The van der Waals surface area contributed by atoms with E-state index in [9.17, 15) is 9.59 Å². The van der Waals surface area contributed by atoms with E-state index >= 15 is 0 Å². The Morgan fingerprint density at radius 1 is 1.09 bits per heavy atom. The summed E-state index contributed by atoms with van der Waals surface area (Å²) in [5.74, 6) is -0.504. The van der Waals surface area contributed by atoms with Crippen LogP contribution in [-0.4, -0.2) is 42.0 Å². The van der Waals surface area contributed by atoms with E-state index in [0.717, 1.165) is 36.8 Å². The number of nitrogens with one attached hydrogen (secondary N) is 3. The van der Waals surface area contributed by atoms with Crippen molar-refractivity contribution in [3.8, 4) is 11.1 Å². The van der Waals surface area contributed by atoms with Gasteiger partial charge in [-0.1, -0.05) is 0 Å². The third-order valence-electron chi connectivity index (χ3n) is 6.26. The molecule has 9 heteroatoms. The summed E-state index contributed by atoms with van der Waals surface area (Å²) in [7, 11) is 0. The molecule has 32 heavy (non-hydrogen) atoms. The lowest BCUT2D eigenvalue weighted by Crippen LogP contribution is -2.26. The first-order chi connectivity index (χ1) is 15.7. The zero-order chi connectivity index (χ0) is 21.7. The average Bonchev–Trinajstić information content (AvgIpc) is 3.14. The number of H-pyrrole nitrogens is 1. The van der Waals surface area contributed by atoms with Crippen LogP contribution < -0.4 is 10.6 Å². The van der Waals surface area contributed by atoms with Gasteiger partial charge in [-0.2, -0.15) is 5.10 Å². The van der Waals surface area contributed by atoms with E-state index in [1.165, 1.54) is 6.42 Å². The molecule has 0 unspecified atom stereocenters. The van der Waals surface area contributed by atoms with Gasteiger partial charge in [-0.15, -0.1) is 0 Å². The molecule has 0 spiro atoms. The summed E-state index contributed by atoms with van der Waals surface area (Å²) in [5, 5.41) is 10.3. The van der Waals surface area contributed by atoms with Gasteiger partial charge in [-0.05, 0) is 44.2 Å². The van der Waals surface area contributed by atoms with Gasteiger partial charge in [0.05, 0.1) is 17.4 Å². The quantitative estimate of drug-likeness (QED) is 0.436. The van der Waals surface area contributed by atoms with Gasteiger partial charge in [0.1, 0.15) is 5.69 Å². The lowest BCUT2D eigenvalue weighted by molar-refractivity contribution is 0.0951. The van der Waals surface area contributed by atoms with Gasteiger partial charge in [0.25, 0.3) is 11.8 Å². The van der Waals surface area contributed by atoms with Crippen molar-refractivity contribution < 1.29 is 9.59 Å². The third-order valence-corrected chi connectivity index (χ3v) is 6.26. The molecule has 0 aliphatic heterocycles. The topological polar surface area (TPSA) is 109 Å². The standard InChI is InChI=1S/C23H23N7O2/c31-22(26-15-4-5-15)18-12-29(16-2-1-3-16)13-20(18)28-23(32)19-7-9-30-21(27-19)17(11-25-30)14-6-8-24-10-14/h6-13,15-16,24H,1-5H2,(H,26,31)(H,28,32). The predicted octanol–water partition coefficient (Wildman–Crippen LogP) is 3.40. The number of aromatic nitrogens is 5. The van der Waals surface area contributed by atoms with Crippen LogP contribution in [0.4, 0.5) is 5.69 Å². The van der Waals surface area contributed by atoms with Crippen LogP contribution in [0.1, 0.15) is 59.0 Å². The number of carbonyl (C=O) groups is 2. The van der Waals surface area contributed by atoms with Crippen molar-refractivity contribution in [3.63, 3.8) is 0 Å². The maximum absolute atomic E-state index is 13.1. The second-order valence-corrected chi connectivity index (χ2v) is 8.56. The molecule has 2 saturated carbocycles. The Morgan fingerprint density at radius 3 is 2.69 bits per heavy atom. The fraction of sp³-hybridized carbons (Fsp3) is 0.304. The van der Waals surface area contributed by atoms with E-state index in [1.54, 1.807) is 23.0 Å². The summed E-state index contributed by atoms with van der Waals surface area (Å²) in [4.78, 5) is 33.5. The largest absolute Gasteiger partial charge is 0.367 e. The molecular weight excluding hydrogens is 406 g/mol. The number of nitrogens with zero attached hydrogens (tertiary/aromatic N) is 4. The minimum atomic E-state index is -0.361. The van der Waals surface area contributed by atoms with Crippen molar-refractivity contribution in [3.05, 3.63) is 60.6 Å². The average molecular weight is 429 g/mol. The number of anilines is 1. The first-order valence-corrected chi connectivity index (χ1v) is 11.0. The maximum Gasteiger partial charge on any atom is 0.274 e. The lowest BCUT2D eigenvalue weighted by atomic mass is 9.93. The van der Waals surface area contributed by atoms with Crippen LogP contribution in [0.2, 0.25) is 0 Å². The molecule has 6 rings (SSSR count). The van der Waals surface area contributed by atoms with Crippen LogP contribution >= 0.6 is 0 Å². The highest BCUT2D eigenvalue weighted by Gasteiger charge is 2.28. The molecule has 4 heterocycles. The van der Waals surface area contributed by atoms with Crippen molar-refractivity contribution in [1.29, 1.82) is 0 Å². The SMILES string of the molecule is O=C(Nc1cn(C2CCC2)cc1C(=O)NC1CC1)c1ccn2ncc(-c3cc[nH]c3)c2n1. The van der Waals surface area contributed by atoms with Crippen molar-refractivity contribution in [1.82, 2.24) is 29.5 Å². The number of hydrogen-bond donors (Lipinski definition) is 3. The molecule has 2 aliphatic rings. The molecule has 3 N–H and O–H groups in total. The first-order valence-electron chi connectivity index (χ1n) is 11.0. The molecule has 4 aromatic heterocycles. The van der Waals surface area contributed by atoms with Gasteiger partial charge in [0, 0.05) is 54.2 Å². The molecule has 2 aliphatic carbocycles. The second-order valence-electron chi connectivity index (χ2n) is 8.56. The van der Waals surface area contributed by atoms with Crippen molar-refractivity contribution >= 4 is 23.1 Å². The number of hydrogen-bond acceptors (Lipinski definition) is 4. The zero-order valence-corrected chi connectivity index (χ0v) is 17.4. The Kier molecular flexibility index (Phi) is 4.34. The summed E-state index contributed by atoms with van der Waals surface area (Å²) >= 11 is 0. The monoisotopic (exact) mass is 429 g/mol. The fourth-order valence-electron chi connectivity index (χ4n) is 4.02. The minimum Gasteiger partial charge on any atom is -0.367 e. The maximum atomic E-state index is 13.1. The Bertz CT molecular complexity index is 1310. The number of amides is 2. The Balaban J connectivity index is 1.30. The molecule has 2 fully saturated rings. The third kappa shape index (κ3) is 3.35. The highest BCUT2D eigenvalue weighted by molar-refractivity contribution is 6.08. The Morgan fingerprint density at radius 2 is 1.97 bits per heavy atom. The van der Waals surface area contributed by atoms with Crippen LogP contribution in [0.25, 0.3) is 16.8 Å². The second kappa shape index (κ2) is 7.37. The Hall–Kier alpha value is -3.88. The van der Waals surface area contributed by atoms with E-state index in [4.69, 9.17) is 0 Å². The van der Waals surface area contributed by atoms with Gasteiger partial charge in [0.2, 0.25) is 0 Å². The molecule has 4 aromatic rings. The predicted molar refractivity (Wildman–Crippen MR) is 119 cm³/mol. The van der Waals surface area contributed by atoms with E-state index in [-0.39, 0.29) is 23.6 Å². The van der Waals surface area contributed by atoms with Crippen LogP contribution in [-0.2, 0) is 0 Å². The van der Waals surface area contributed by atoms with Gasteiger partial charge in [0.15, 0.2) is 5.65 Å². The number of carbonyl (C=O) groups excluding carboxylic acids is 2. The number of aromatic amines is 1.